The number of rotatable bonds is 2. The molecule has 0 bridgehead atoms. The molecule has 2 rings (SSSR count). The minimum absolute atomic E-state index is 0.0850. The van der Waals surface area contributed by atoms with E-state index in [1.54, 1.807) is 18.2 Å². The number of hydrogen-bond acceptors (Lipinski definition) is 3. The van der Waals surface area contributed by atoms with Crippen LogP contribution in [0.5, 0.6) is 0 Å². The Morgan fingerprint density at radius 2 is 2.31 bits per heavy atom. The van der Waals surface area contributed by atoms with E-state index >= 15 is 0 Å². The molecule has 0 saturated heterocycles. The summed E-state index contributed by atoms with van der Waals surface area (Å²) in [5, 5.41) is 2.52. The van der Waals surface area contributed by atoms with Crippen LogP contribution in [-0.4, -0.2) is 11.4 Å². The van der Waals surface area contributed by atoms with Crippen molar-refractivity contribution in [2.75, 3.05) is 5.32 Å². The molecule has 5 heteroatoms. The minimum Gasteiger partial charge on any atom is -0.329 e. The van der Waals surface area contributed by atoms with Gasteiger partial charge in [0.2, 0.25) is 6.41 Å². The number of hydrogen-bond donors (Lipinski definition) is 2. The summed E-state index contributed by atoms with van der Waals surface area (Å²) >= 11 is 1.13. The molecule has 0 aliphatic carbocycles. The van der Waals surface area contributed by atoms with E-state index in [4.69, 9.17) is 0 Å². The van der Waals surface area contributed by atoms with Crippen molar-refractivity contribution < 1.29 is 4.79 Å². The van der Waals surface area contributed by atoms with Crippen molar-refractivity contribution in [1.29, 1.82) is 0 Å². The summed E-state index contributed by atoms with van der Waals surface area (Å²) in [4.78, 5) is 23.7. The Kier molecular flexibility index (Phi) is 1.86. The van der Waals surface area contributed by atoms with Gasteiger partial charge in [-0.3, -0.25) is 9.59 Å². The lowest BCUT2D eigenvalue weighted by atomic mass is 10.3. The second kappa shape index (κ2) is 3.02. The molecule has 1 amide bonds. The summed E-state index contributed by atoms with van der Waals surface area (Å²) in [7, 11) is 0. The molecule has 1 heterocycles. The Bertz CT molecular complexity index is 500. The first kappa shape index (κ1) is 8.00. The zero-order chi connectivity index (χ0) is 9.26. The van der Waals surface area contributed by atoms with E-state index in [0.717, 1.165) is 21.6 Å². The van der Waals surface area contributed by atoms with Crippen molar-refractivity contribution in [3.8, 4) is 0 Å². The maximum absolute atomic E-state index is 10.9. The zero-order valence-electron chi connectivity index (χ0n) is 6.53. The highest BCUT2D eigenvalue weighted by Gasteiger charge is 1.99. The first-order valence-corrected chi connectivity index (χ1v) is 4.44. The van der Waals surface area contributed by atoms with E-state index < -0.39 is 0 Å². The molecular formula is C8H6N2O2S. The fourth-order valence-electron chi connectivity index (χ4n) is 1.10. The molecule has 2 aromatic rings. The lowest BCUT2D eigenvalue weighted by Crippen LogP contribution is -1.92. The monoisotopic (exact) mass is 194 g/mol. The average molecular weight is 194 g/mol. The normalized spacial score (nSPS) is 10.2. The summed E-state index contributed by atoms with van der Waals surface area (Å²) in [6, 6.07) is 5.25. The molecule has 0 radical (unpaired) electrons. The summed E-state index contributed by atoms with van der Waals surface area (Å²) in [6.45, 7) is 0. The maximum Gasteiger partial charge on any atom is 0.305 e. The van der Waals surface area contributed by atoms with E-state index in [-0.39, 0.29) is 4.87 Å². The molecule has 0 saturated carbocycles. The van der Waals surface area contributed by atoms with Gasteiger partial charge in [-0.15, -0.1) is 0 Å². The highest BCUT2D eigenvalue weighted by atomic mass is 32.1. The third-order valence-corrected chi connectivity index (χ3v) is 2.49. The zero-order valence-corrected chi connectivity index (χ0v) is 7.35. The third-order valence-electron chi connectivity index (χ3n) is 1.65. The highest BCUT2D eigenvalue weighted by Crippen LogP contribution is 2.18. The van der Waals surface area contributed by atoms with Crippen LogP contribution in [0.3, 0.4) is 0 Å². The Balaban J connectivity index is 2.60. The van der Waals surface area contributed by atoms with Crippen LogP contribution in [0, 0.1) is 0 Å². The molecular weight excluding hydrogens is 188 g/mol. The van der Waals surface area contributed by atoms with E-state index in [1.165, 1.54) is 0 Å². The average Bonchev–Trinajstić information content (AvgIpc) is 2.44. The highest BCUT2D eigenvalue weighted by molar-refractivity contribution is 7.16. The summed E-state index contributed by atoms with van der Waals surface area (Å²) in [5.74, 6) is 0. The van der Waals surface area contributed by atoms with Gasteiger partial charge in [-0.2, -0.15) is 0 Å². The molecule has 2 N–H and O–H groups in total. The SMILES string of the molecule is O=CNc1ccc2[nH]c(=O)sc2c1. The number of anilines is 1. The standard InChI is InChI=1S/C8H6N2O2S/c11-4-9-5-1-2-6-7(3-5)13-8(12)10-6/h1-4H,(H,9,11)(H,10,12). The number of amides is 1. The van der Waals surface area contributed by atoms with E-state index in [0.29, 0.717) is 12.1 Å². The van der Waals surface area contributed by atoms with E-state index in [1.807, 2.05) is 0 Å². The molecule has 13 heavy (non-hydrogen) atoms. The fourth-order valence-corrected chi connectivity index (χ4v) is 1.88. The molecule has 0 fully saturated rings. The van der Waals surface area contributed by atoms with Crippen molar-refractivity contribution in [2.24, 2.45) is 0 Å². The van der Waals surface area contributed by atoms with Crippen LogP contribution in [-0.2, 0) is 4.79 Å². The Hall–Kier alpha value is -1.62. The third kappa shape index (κ3) is 1.46. The van der Waals surface area contributed by atoms with Crippen LogP contribution in [0.1, 0.15) is 0 Å². The predicted octanol–water partition coefficient (Wildman–Crippen LogP) is 1.16. The summed E-state index contributed by atoms with van der Waals surface area (Å²) < 4.78 is 0.844. The fraction of sp³-hybridized carbons (Fsp3) is 0. The van der Waals surface area contributed by atoms with Gasteiger partial charge in [0, 0.05) is 5.69 Å². The molecule has 0 unspecified atom stereocenters. The van der Waals surface area contributed by atoms with Gasteiger partial charge in [-0.1, -0.05) is 11.3 Å². The number of nitrogens with one attached hydrogen (secondary N) is 2. The summed E-state index contributed by atoms with van der Waals surface area (Å²) in [6.07, 6.45) is 0.608. The molecule has 0 spiro atoms. The van der Waals surface area contributed by atoms with Crippen LogP contribution in [0.2, 0.25) is 0 Å². The number of carbonyl (C=O) groups excluding carboxylic acids is 1. The van der Waals surface area contributed by atoms with Gasteiger partial charge in [0.25, 0.3) is 0 Å². The van der Waals surface area contributed by atoms with Gasteiger partial charge in [-0.05, 0) is 18.2 Å². The van der Waals surface area contributed by atoms with Gasteiger partial charge in [-0.25, -0.2) is 0 Å². The van der Waals surface area contributed by atoms with Crippen LogP contribution < -0.4 is 10.2 Å². The lowest BCUT2D eigenvalue weighted by molar-refractivity contribution is -0.105. The van der Waals surface area contributed by atoms with E-state index in [2.05, 4.69) is 10.3 Å². The van der Waals surface area contributed by atoms with Gasteiger partial charge in [0.15, 0.2) is 0 Å². The number of fused-ring (bicyclic) bond motifs is 1. The van der Waals surface area contributed by atoms with Crippen LogP contribution in [0.15, 0.2) is 23.0 Å². The first-order chi connectivity index (χ1) is 6.29. The molecule has 1 aromatic heterocycles. The van der Waals surface area contributed by atoms with Crippen molar-refractivity contribution in [3.05, 3.63) is 27.9 Å². The number of aromatic nitrogens is 1. The second-order valence-corrected chi connectivity index (χ2v) is 3.50. The van der Waals surface area contributed by atoms with Crippen LogP contribution in [0.4, 0.5) is 5.69 Å². The largest absolute Gasteiger partial charge is 0.329 e. The van der Waals surface area contributed by atoms with Crippen molar-refractivity contribution in [2.45, 2.75) is 0 Å². The van der Waals surface area contributed by atoms with Gasteiger partial charge in [0.05, 0.1) is 10.2 Å². The molecule has 1 aromatic carbocycles. The van der Waals surface area contributed by atoms with Crippen LogP contribution >= 0.6 is 11.3 Å². The first-order valence-electron chi connectivity index (χ1n) is 3.62. The smallest absolute Gasteiger partial charge is 0.305 e. The Labute approximate surface area is 77.2 Å². The predicted molar refractivity (Wildman–Crippen MR) is 52.1 cm³/mol. The lowest BCUT2D eigenvalue weighted by Gasteiger charge is -1.96. The molecule has 4 nitrogen and oxygen atoms in total. The van der Waals surface area contributed by atoms with Gasteiger partial charge < -0.3 is 10.3 Å². The van der Waals surface area contributed by atoms with Crippen molar-refractivity contribution >= 4 is 33.7 Å². The summed E-state index contributed by atoms with van der Waals surface area (Å²) in [5.41, 5.74) is 1.49. The molecule has 0 atom stereocenters. The van der Waals surface area contributed by atoms with E-state index in [9.17, 15) is 9.59 Å². The van der Waals surface area contributed by atoms with Crippen molar-refractivity contribution in [1.82, 2.24) is 4.98 Å². The van der Waals surface area contributed by atoms with Crippen LogP contribution in [0.25, 0.3) is 10.2 Å². The van der Waals surface area contributed by atoms with Gasteiger partial charge >= 0.3 is 4.87 Å². The number of aromatic amines is 1. The topological polar surface area (TPSA) is 62.0 Å². The number of carbonyl (C=O) groups is 1. The Morgan fingerprint density at radius 3 is 3.08 bits per heavy atom. The van der Waals surface area contributed by atoms with Crippen molar-refractivity contribution in [3.63, 3.8) is 0 Å². The molecule has 0 aliphatic heterocycles. The van der Waals surface area contributed by atoms with Gasteiger partial charge in [0.1, 0.15) is 0 Å². The molecule has 0 aliphatic rings. The minimum atomic E-state index is -0.0850. The second-order valence-electron chi connectivity index (χ2n) is 2.49. The number of benzene rings is 1. The maximum atomic E-state index is 10.9. The Morgan fingerprint density at radius 1 is 1.46 bits per heavy atom. The number of thiazole rings is 1. The molecule has 66 valence electrons. The quantitative estimate of drug-likeness (QED) is 0.704. The number of H-pyrrole nitrogens is 1.